The number of rotatable bonds is 3. The number of carboxylic acid groups (broad SMARTS) is 1. The SMILES string of the molecule is O=C(O)C1CCCCC1CN1C(=O)C=CC1=O. The maximum Gasteiger partial charge on any atom is 0.306 e. The van der Waals surface area contributed by atoms with E-state index in [4.69, 9.17) is 5.11 Å². The monoisotopic (exact) mass is 237 g/mol. The topological polar surface area (TPSA) is 74.7 Å². The first-order chi connectivity index (χ1) is 8.09. The van der Waals surface area contributed by atoms with Crippen molar-refractivity contribution in [2.45, 2.75) is 25.7 Å². The lowest BCUT2D eigenvalue weighted by molar-refractivity contribution is -0.148. The molecule has 2 atom stereocenters. The van der Waals surface area contributed by atoms with Gasteiger partial charge in [-0.3, -0.25) is 19.3 Å². The van der Waals surface area contributed by atoms with Crippen LogP contribution in [0.3, 0.4) is 0 Å². The van der Waals surface area contributed by atoms with Crippen LogP contribution in [-0.2, 0) is 14.4 Å². The summed E-state index contributed by atoms with van der Waals surface area (Å²) in [6.07, 6.45) is 5.77. The molecule has 2 rings (SSSR count). The molecule has 0 aromatic carbocycles. The second-order valence-corrected chi connectivity index (χ2v) is 4.61. The number of aliphatic carboxylic acids is 1. The molecule has 0 bridgehead atoms. The van der Waals surface area contributed by atoms with Crippen LogP contribution in [0.1, 0.15) is 25.7 Å². The number of nitrogens with zero attached hydrogens (tertiary/aromatic N) is 1. The summed E-state index contributed by atoms with van der Waals surface area (Å²) in [7, 11) is 0. The minimum absolute atomic E-state index is 0.103. The molecule has 0 radical (unpaired) electrons. The van der Waals surface area contributed by atoms with Crippen molar-refractivity contribution in [2.24, 2.45) is 11.8 Å². The average Bonchev–Trinajstić information content (AvgIpc) is 2.61. The first-order valence-electron chi connectivity index (χ1n) is 5.86. The zero-order chi connectivity index (χ0) is 12.4. The molecule has 5 nitrogen and oxygen atoms in total. The van der Waals surface area contributed by atoms with E-state index in [0.29, 0.717) is 6.42 Å². The van der Waals surface area contributed by atoms with E-state index in [0.717, 1.165) is 24.2 Å². The van der Waals surface area contributed by atoms with Crippen molar-refractivity contribution in [2.75, 3.05) is 6.54 Å². The highest BCUT2D eigenvalue weighted by Gasteiger charge is 2.35. The van der Waals surface area contributed by atoms with Crippen LogP contribution in [0.15, 0.2) is 12.2 Å². The van der Waals surface area contributed by atoms with E-state index in [1.807, 2.05) is 0 Å². The molecule has 0 aromatic heterocycles. The Morgan fingerprint density at radius 1 is 1.24 bits per heavy atom. The van der Waals surface area contributed by atoms with E-state index >= 15 is 0 Å². The third-order valence-electron chi connectivity index (χ3n) is 3.54. The first-order valence-corrected chi connectivity index (χ1v) is 5.86. The molecule has 0 spiro atoms. The van der Waals surface area contributed by atoms with Crippen LogP contribution < -0.4 is 0 Å². The Labute approximate surface area is 99.1 Å². The number of hydrogen-bond donors (Lipinski definition) is 1. The van der Waals surface area contributed by atoms with Gasteiger partial charge in [0, 0.05) is 18.7 Å². The number of imide groups is 1. The van der Waals surface area contributed by atoms with Gasteiger partial charge in [0.1, 0.15) is 0 Å². The van der Waals surface area contributed by atoms with Crippen LogP contribution in [0.25, 0.3) is 0 Å². The molecule has 92 valence electrons. The Bertz CT molecular complexity index is 370. The lowest BCUT2D eigenvalue weighted by atomic mass is 9.79. The quantitative estimate of drug-likeness (QED) is 0.737. The van der Waals surface area contributed by atoms with Crippen molar-refractivity contribution in [3.8, 4) is 0 Å². The van der Waals surface area contributed by atoms with Crippen molar-refractivity contribution in [1.82, 2.24) is 4.90 Å². The number of carbonyl (C=O) groups excluding carboxylic acids is 2. The van der Waals surface area contributed by atoms with Gasteiger partial charge in [-0.2, -0.15) is 0 Å². The summed E-state index contributed by atoms with van der Waals surface area (Å²) in [6.45, 7) is 0.238. The molecule has 1 N–H and O–H groups in total. The van der Waals surface area contributed by atoms with E-state index in [1.165, 1.54) is 12.2 Å². The van der Waals surface area contributed by atoms with Gasteiger partial charge in [0.15, 0.2) is 0 Å². The Kier molecular flexibility index (Phi) is 3.26. The second-order valence-electron chi connectivity index (χ2n) is 4.61. The van der Waals surface area contributed by atoms with Gasteiger partial charge in [0.25, 0.3) is 11.8 Å². The lowest BCUT2D eigenvalue weighted by Gasteiger charge is -2.31. The highest BCUT2D eigenvalue weighted by Crippen LogP contribution is 2.31. The van der Waals surface area contributed by atoms with E-state index in [-0.39, 0.29) is 24.3 Å². The molecule has 1 aliphatic heterocycles. The molecule has 1 aliphatic carbocycles. The van der Waals surface area contributed by atoms with Crippen LogP contribution >= 0.6 is 0 Å². The van der Waals surface area contributed by atoms with Crippen molar-refractivity contribution in [3.63, 3.8) is 0 Å². The van der Waals surface area contributed by atoms with E-state index in [1.54, 1.807) is 0 Å². The fourth-order valence-electron chi connectivity index (χ4n) is 2.60. The van der Waals surface area contributed by atoms with Crippen molar-refractivity contribution in [1.29, 1.82) is 0 Å². The summed E-state index contributed by atoms with van der Waals surface area (Å²) in [5.41, 5.74) is 0. The Morgan fingerprint density at radius 3 is 2.41 bits per heavy atom. The Balaban J connectivity index is 2.03. The van der Waals surface area contributed by atoms with Gasteiger partial charge in [-0.15, -0.1) is 0 Å². The van der Waals surface area contributed by atoms with Gasteiger partial charge >= 0.3 is 5.97 Å². The predicted octanol–water partition coefficient (Wildman–Crippen LogP) is 0.802. The molecule has 2 aliphatic rings. The Morgan fingerprint density at radius 2 is 1.82 bits per heavy atom. The summed E-state index contributed by atoms with van der Waals surface area (Å²) < 4.78 is 0. The van der Waals surface area contributed by atoms with Gasteiger partial charge in [-0.05, 0) is 18.8 Å². The molecule has 17 heavy (non-hydrogen) atoms. The fraction of sp³-hybridized carbons (Fsp3) is 0.583. The molecule has 1 heterocycles. The standard InChI is InChI=1S/C12H15NO4/c14-10-5-6-11(15)13(10)7-8-3-1-2-4-9(8)12(16)17/h5-6,8-9H,1-4,7H2,(H,16,17). The van der Waals surface area contributed by atoms with Gasteiger partial charge in [-0.25, -0.2) is 0 Å². The molecule has 2 unspecified atom stereocenters. The number of carbonyl (C=O) groups is 3. The van der Waals surface area contributed by atoms with Crippen LogP contribution in [-0.4, -0.2) is 34.3 Å². The molecule has 5 heteroatoms. The summed E-state index contributed by atoms with van der Waals surface area (Å²) in [6, 6.07) is 0. The third-order valence-corrected chi connectivity index (χ3v) is 3.54. The molecule has 1 fully saturated rings. The van der Waals surface area contributed by atoms with Crippen molar-refractivity contribution < 1.29 is 19.5 Å². The molecular weight excluding hydrogens is 222 g/mol. The summed E-state index contributed by atoms with van der Waals surface area (Å²) in [5.74, 6) is -2.00. The largest absolute Gasteiger partial charge is 0.481 e. The number of amides is 2. The summed E-state index contributed by atoms with van der Waals surface area (Å²) in [5, 5.41) is 9.11. The van der Waals surface area contributed by atoms with Crippen LogP contribution in [0.2, 0.25) is 0 Å². The van der Waals surface area contributed by atoms with Gasteiger partial charge in [-0.1, -0.05) is 12.8 Å². The van der Waals surface area contributed by atoms with E-state index in [2.05, 4.69) is 0 Å². The number of hydrogen-bond acceptors (Lipinski definition) is 3. The predicted molar refractivity (Wildman–Crippen MR) is 58.9 cm³/mol. The normalized spacial score (nSPS) is 28.8. The molecule has 0 saturated heterocycles. The van der Waals surface area contributed by atoms with E-state index < -0.39 is 11.9 Å². The highest BCUT2D eigenvalue weighted by atomic mass is 16.4. The van der Waals surface area contributed by atoms with Crippen molar-refractivity contribution in [3.05, 3.63) is 12.2 Å². The number of carboxylic acids is 1. The summed E-state index contributed by atoms with van der Waals surface area (Å²) >= 11 is 0. The molecule has 0 aromatic rings. The van der Waals surface area contributed by atoms with Gasteiger partial charge in [0.05, 0.1) is 5.92 Å². The zero-order valence-corrected chi connectivity index (χ0v) is 9.46. The maximum atomic E-state index is 11.4. The molecular formula is C12H15NO4. The summed E-state index contributed by atoms with van der Waals surface area (Å²) in [4.78, 5) is 35.1. The maximum absolute atomic E-state index is 11.4. The zero-order valence-electron chi connectivity index (χ0n) is 9.46. The third kappa shape index (κ3) is 2.38. The van der Waals surface area contributed by atoms with E-state index in [9.17, 15) is 14.4 Å². The highest BCUT2D eigenvalue weighted by molar-refractivity contribution is 6.12. The van der Waals surface area contributed by atoms with Crippen molar-refractivity contribution >= 4 is 17.8 Å². The Hall–Kier alpha value is -1.65. The van der Waals surface area contributed by atoms with Crippen LogP contribution in [0.5, 0.6) is 0 Å². The molecule has 1 saturated carbocycles. The fourth-order valence-corrected chi connectivity index (χ4v) is 2.60. The minimum atomic E-state index is -0.818. The first kappa shape index (κ1) is 11.8. The second kappa shape index (κ2) is 4.69. The van der Waals surface area contributed by atoms with Crippen LogP contribution in [0, 0.1) is 11.8 Å². The van der Waals surface area contributed by atoms with Crippen LogP contribution in [0.4, 0.5) is 0 Å². The molecule has 2 amide bonds. The minimum Gasteiger partial charge on any atom is -0.481 e. The van der Waals surface area contributed by atoms with Gasteiger partial charge in [0.2, 0.25) is 0 Å². The average molecular weight is 237 g/mol. The lowest BCUT2D eigenvalue weighted by Crippen LogP contribution is -2.40. The smallest absolute Gasteiger partial charge is 0.306 e. The van der Waals surface area contributed by atoms with Gasteiger partial charge < -0.3 is 5.11 Å².